The van der Waals surface area contributed by atoms with E-state index < -0.39 is 6.03 Å². The molecule has 6 heteroatoms. The molecule has 134 valence electrons. The molecule has 26 heavy (non-hydrogen) atoms. The van der Waals surface area contributed by atoms with Crippen LogP contribution in [-0.4, -0.2) is 18.5 Å². The molecule has 0 bridgehead atoms. The number of carbonyl (C=O) groups is 2. The molecule has 0 saturated carbocycles. The van der Waals surface area contributed by atoms with Gasteiger partial charge in [-0.1, -0.05) is 35.9 Å². The molecule has 0 aliphatic heterocycles. The topological polar surface area (TPSA) is 83.4 Å². The second-order valence-corrected chi connectivity index (χ2v) is 6.15. The van der Waals surface area contributed by atoms with Gasteiger partial charge in [0, 0.05) is 11.1 Å². The smallest absolute Gasteiger partial charge is 0.319 e. The summed E-state index contributed by atoms with van der Waals surface area (Å²) in [5.74, 6) is 0.376. The average Bonchev–Trinajstić information content (AvgIpc) is 3.06. The first-order valence-electron chi connectivity index (χ1n) is 8.40. The molecule has 0 aliphatic carbocycles. The van der Waals surface area contributed by atoms with Crippen molar-refractivity contribution < 1.29 is 14.0 Å². The van der Waals surface area contributed by atoms with Crippen molar-refractivity contribution in [1.29, 1.82) is 0 Å². The standard InChI is InChI=1S/C20H21N3O3/c1-13-7-9-16(10-8-13)23-20(25)21-12-19(24)22-14(2)18-11-15-5-3-4-6-17(15)26-18/h3-11,14H,12H2,1-2H3,(H,22,24)(H2,21,23,25)/t14-/m1/s1. The van der Waals surface area contributed by atoms with Crippen molar-refractivity contribution in [2.45, 2.75) is 19.9 Å². The lowest BCUT2D eigenvalue weighted by Gasteiger charge is -2.12. The number of rotatable bonds is 5. The minimum absolute atomic E-state index is 0.123. The number of furan rings is 1. The Bertz CT molecular complexity index is 882. The van der Waals surface area contributed by atoms with Gasteiger partial charge >= 0.3 is 6.03 Å². The fourth-order valence-corrected chi connectivity index (χ4v) is 2.55. The van der Waals surface area contributed by atoms with E-state index in [0.717, 1.165) is 16.5 Å². The van der Waals surface area contributed by atoms with Gasteiger partial charge < -0.3 is 20.4 Å². The Morgan fingerprint density at radius 1 is 1.08 bits per heavy atom. The van der Waals surface area contributed by atoms with Crippen LogP contribution in [0.4, 0.5) is 10.5 Å². The first-order valence-corrected chi connectivity index (χ1v) is 8.40. The molecular formula is C20H21N3O3. The lowest BCUT2D eigenvalue weighted by Crippen LogP contribution is -2.39. The van der Waals surface area contributed by atoms with E-state index in [4.69, 9.17) is 4.42 Å². The maximum absolute atomic E-state index is 12.0. The zero-order valence-corrected chi connectivity index (χ0v) is 14.7. The second-order valence-electron chi connectivity index (χ2n) is 6.15. The van der Waals surface area contributed by atoms with Crippen LogP contribution in [-0.2, 0) is 4.79 Å². The lowest BCUT2D eigenvalue weighted by molar-refractivity contribution is -0.120. The number of amides is 3. The Morgan fingerprint density at radius 2 is 1.81 bits per heavy atom. The van der Waals surface area contributed by atoms with Gasteiger partial charge in [-0.15, -0.1) is 0 Å². The number of hydrogen-bond acceptors (Lipinski definition) is 3. The average molecular weight is 351 g/mol. The van der Waals surface area contributed by atoms with E-state index in [0.29, 0.717) is 11.4 Å². The summed E-state index contributed by atoms with van der Waals surface area (Å²) in [6.07, 6.45) is 0. The van der Waals surface area contributed by atoms with Crippen LogP contribution >= 0.6 is 0 Å². The summed E-state index contributed by atoms with van der Waals surface area (Å²) < 4.78 is 5.73. The van der Waals surface area contributed by atoms with Gasteiger partial charge in [0.2, 0.25) is 5.91 Å². The molecule has 0 unspecified atom stereocenters. The van der Waals surface area contributed by atoms with Gasteiger partial charge in [0.15, 0.2) is 0 Å². The highest BCUT2D eigenvalue weighted by molar-refractivity contribution is 5.92. The monoisotopic (exact) mass is 351 g/mol. The van der Waals surface area contributed by atoms with Crippen LogP contribution in [0.2, 0.25) is 0 Å². The molecule has 3 rings (SSSR count). The normalized spacial score (nSPS) is 11.8. The third-order valence-electron chi connectivity index (χ3n) is 3.97. The minimum atomic E-state index is -0.430. The number of fused-ring (bicyclic) bond motifs is 1. The van der Waals surface area contributed by atoms with Crippen LogP contribution in [0.3, 0.4) is 0 Å². The fraction of sp³-hybridized carbons (Fsp3) is 0.200. The van der Waals surface area contributed by atoms with E-state index in [9.17, 15) is 9.59 Å². The molecule has 3 N–H and O–H groups in total. The predicted octanol–water partition coefficient (Wildman–Crippen LogP) is 3.74. The summed E-state index contributed by atoms with van der Waals surface area (Å²) in [6, 6.07) is 16.2. The number of benzene rings is 2. The molecule has 3 aromatic rings. The number of anilines is 1. The molecule has 1 heterocycles. The first kappa shape index (κ1) is 17.5. The Balaban J connectivity index is 1.48. The van der Waals surface area contributed by atoms with Crippen LogP contribution in [0.5, 0.6) is 0 Å². The summed E-state index contributed by atoms with van der Waals surface area (Å²) in [5, 5.41) is 9.01. The SMILES string of the molecule is Cc1ccc(NC(=O)NCC(=O)N[C@H](C)c2cc3ccccc3o2)cc1. The molecule has 0 aliphatic rings. The summed E-state index contributed by atoms with van der Waals surface area (Å²) >= 11 is 0. The predicted molar refractivity (Wildman–Crippen MR) is 101 cm³/mol. The van der Waals surface area contributed by atoms with Crippen molar-refractivity contribution in [2.75, 3.05) is 11.9 Å². The number of aryl methyl sites for hydroxylation is 1. The molecule has 3 amide bonds. The zero-order chi connectivity index (χ0) is 18.5. The van der Waals surface area contributed by atoms with Crippen molar-refractivity contribution >= 4 is 28.6 Å². The maximum Gasteiger partial charge on any atom is 0.319 e. The van der Waals surface area contributed by atoms with Crippen molar-refractivity contribution in [2.24, 2.45) is 0 Å². The zero-order valence-electron chi connectivity index (χ0n) is 14.7. The number of nitrogens with one attached hydrogen (secondary N) is 3. The highest BCUT2D eigenvalue weighted by Gasteiger charge is 2.14. The summed E-state index contributed by atoms with van der Waals surface area (Å²) in [5.41, 5.74) is 2.55. The van der Waals surface area contributed by atoms with Crippen LogP contribution in [0, 0.1) is 6.92 Å². The number of para-hydroxylation sites is 1. The summed E-state index contributed by atoms with van der Waals surface area (Å²) in [6.45, 7) is 3.68. The van der Waals surface area contributed by atoms with E-state index >= 15 is 0 Å². The van der Waals surface area contributed by atoms with E-state index in [-0.39, 0.29) is 18.5 Å². The quantitative estimate of drug-likeness (QED) is 0.655. The molecule has 0 saturated heterocycles. The molecule has 0 radical (unpaired) electrons. The van der Waals surface area contributed by atoms with E-state index in [1.807, 2.05) is 56.3 Å². The van der Waals surface area contributed by atoms with Gasteiger partial charge in [-0.25, -0.2) is 4.79 Å². The van der Waals surface area contributed by atoms with Gasteiger partial charge in [0.05, 0.1) is 12.6 Å². The summed E-state index contributed by atoms with van der Waals surface area (Å²) in [7, 11) is 0. The molecule has 0 spiro atoms. The van der Waals surface area contributed by atoms with E-state index in [2.05, 4.69) is 16.0 Å². The number of urea groups is 1. The molecule has 1 atom stereocenters. The Labute approximate surface area is 151 Å². The van der Waals surface area contributed by atoms with E-state index in [1.165, 1.54) is 0 Å². The van der Waals surface area contributed by atoms with Crippen molar-refractivity contribution in [1.82, 2.24) is 10.6 Å². The van der Waals surface area contributed by atoms with Crippen LogP contribution in [0.25, 0.3) is 11.0 Å². The minimum Gasteiger partial charge on any atom is -0.459 e. The van der Waals surface area contributed by atoms with Crippen LogP contribution in [0.1, 0.15) is 24.3 Å². The third-order valence-corrected chi connectivity index (χ3v) is 3.97. The van der Waals surface area contributed by atoms with Crippen molar-refractivity contribution in [3.63, 3.8) is 0 Å². The van der Waals surface area contributed by atoms with Crippen molar-refractivity contribution in [3.05, 3.63) is 65.9 Å². The molecule has 2 aromatic carbocycles. The highest BCUT2D eigenvalue weighted by Crippen LogP contribution is 2.23. The maximum atomic E-state index is 12.0. The Morgan fingerprint density at radius 3 is 2.54 bits per heavy atom. The second kappa shape index (κ2) is 7.74. The molecular weight excluding hydrogens is 330 g/mol. The molecule has 6 nitrogen and oxygen atoms in total. The Kier molecular flexibility index (Phi) is 5.22. The molecule has 1 aromatic heterocycles. The van der Waals surface area contributed by atoms with Gasteiger partial charge in [-0.3, -0.25) is 4.79 Å². The fourth-order valence-electron chi connectivity index (χ4n) is 2.55. The summed E-state index contributed by atoms with van der Waals surface area (Å²) in [4.78, 5) is 23.9. The molecule has 0 fully saturated rings. The van der Waals surface area contributed by atoms with Gasteiger partial charge in [-0.2, -0.15) is 0 Å². The lowest BCUT2D eigenvalue weighted by atomic mass is 10.2. The number of hydrogen-bond donors (Lipinski definition) is 3. The van der Waals surface area contributed by atoms with Crippen molar-refractivity contribution in [3.8, 4) is 0 Å². The Hall–Kier alpha value is -3.28. The van der Waals surface area contributed by atoms with Crippen LogP contribution < -0.4 is 16.0 Å². The highest BCUT2D eigenvalue weighted by atomic mass is 16.3. The van der Waals surface area contributed by atoms with Gasteiger partial charge in [0.1, 0.15) is 11.3 Å². The first-order chi connectivity index (χ1) is 12.5. The van der Waals surface area contributed by atoms with E-state index in [1.54, 1.807) is 12.1 Å². The largest absolute Gasteiger partial charge is 0.459 e. The van der Waals surface area contributed by atoms with Gasteiger partial charge in [0.25, 0.3) is 0 Å². The van der Waals surface area contributed by atoms with Crippen LogP contribution in [0.15, 0.2) is 59.0 Å². The number of carbonyl (C=O) groups excluding carboxylic acids is 2. The third kappa shape index (κ3) is 4.42. The van der Waals surface area contributed by atoms with Gasteiger partial charge in [-0.05, 0) is 38.1 Å².